The van der Waals surface area contributed by atoms with Crippen molar-refractivity contribution in [2.24, 2.45) is 0 Å². The van der Waals surface area contributed by atoms with E-state index in [1.165, 1.54) is 6.20 Å². The summed E-state index contributed by atoms with van der Waals surface area (Å²) in [4.78, 5) is 25.2. The van der Waals surface area contributed by atoms with E-state index in [4.69, 9.17) is 10.00 Å². The second-order valence-electron chi connectivity index (χ2n) is 8.25. The standard InChI is InChI=1S/C22H22FN5O2/c23-19-11-25-8-5-18(19)22(6-7-22)30-14-21(29)27-12-16-2-3-17(13-27)28(16)20-4-1-15(9-24)10-26-20/h1,4-5,8,10-11,16-17H,2-3,6-7,12-14H2. The Kier molecular flexibility index (Phi) is 4.63. The average Bonchev–Trinajstić information content (AvgIpc) is 3.51. The summed E-state index contributed by atoms with van der Waals surface area (Å²) in [5.74, 6) is 0.416. The number of nitriles is 1. The van der Waals surface area contributed by atoms with Gasteiger partial charge in [0, 0.05) is 43.1 Å². The highest BCUT2D eigenvalue weighted by molar-refractivity contribution is 5.78. The van der Waals surface area contributed by atoms with Crippen LogP contribution in [0.4, 0.5) is 10.2 Å². The van der Waals surface area contributed by atoms with Crippen LogP contribution in [0, 0.1) is 17.1 Å². The lowest BCUT2D eigenvalue weighted by atomic mass is 10.1. The zero-order valence-corrected chi connectivity index (χ0v) is 16.5. The number of fused-ring (bicyclic) bond motifs is 2. The van der Waals surface area contributed by atoms with Gasteiger partial charge in [-0.05, 0) is 43.9 Å². The Morgan fingerprint density at radius 1 is 1.23 bits per heavy atom. The van der Waals surface area contributed by atoms with Crippen LogP contribution in [0.1, 0.15) is 36.8 Å². The minimum Gasteiger partial charge on any atom is -0.360 e. The molecule has 7 nitrogen and oxygen atoms in total. The summed E-state index contributed by atoms with van der Waals surface area (Å²) in [7, 11) is 0. The fraction of sp³-hybridized carbons (Fsp3) is 0.455. The van der Waals surface area contributed by atoms with Crippen molar-refractivity contribution in [3.8, 4) is 6.07 Å². The first-order chi connectivity index (χ1) is 14.6. The number of aromatic nitrogens is 2. The molecule has 1 saturated carbocycles. The molecule has 3 fully saturated rings. The number of piperazine rings is 1. The van der Waals surface area contributed by atoms with Crippen molar-refractivity contribution in [1.82, 2.24) is 14.9 Å². The van der Waals surface area contributed by atoms with Gasteiger partial charge in [-0.2, -0.15) is 5.26 Å². The summed E-state index contributed by atoms with van der Waals surface area (Å²) >= 11 is 0. The first-order valence-electron chi connectivity index (χ1n) is 10.3. The quantitative estimate of drug-likeness (QED) is 0.757. The van der Waals surface area contributed by atoms with Crippen LogP contribution in [0.5, 0.6) is 0 Å². The lowest BCUT2D eigenvalue weighted by molar-refractivity contribution is -0.140. The topological polar surface area (TPSA) is 82.4 Å². The van der Waals surface area contributed by atoms with E-state index in [0.717, 1.165) is 18.7 Å². The molecule has 2 saturated heterocycles. The van der Waals surface area contributed by atoms with E-state index in [-0.39, 0.29) is 30.4 Å². The number of pyridine rings is 2. The van der Waals surface area contributed by atoms with Gasteiger partial charge in [0.2, 0.25) is 5.91 Å². The van der Waals surface area contributed by atoms with Crippen molar-refractivity contribution in [2.75, 3.05) is 24.6 Å². The third kappa shape index (κ3) is 3.29. The van der Waals surface area contributed by atoms with Crippen LogP contribution in [0.3, 0.4) is 0 Å². The minimum absolute atomic E-state index is 0.0453. The first kappa shape index (κ1) is 18.9. The van der Waals surface area contributed by atoms with Crippen molar-refractivity contribution in [3.63, 3.8) is 0 Å². The van der Waals surface area contributed by atoms with Gasteiger partial charge in [-0.3, -0.25) is 9.78 Å². The zero-order chi connectivity index (χ0) is 20.7. The van der Waals surface area contributed by atoms with Crippen molar-refractivity contribution in [1.29, 1.82) is 5.26 Å². The largest absolute Gasteiger partial charge is 0.360 e. The summed E-state index contributed by atoms with van der Waals surface area (Å²) in [6.45, 7) is 1.20. The lowest BCUT2D eigenvalue weighted by Gasteiger charge is -2.41. The van der Waals surface area contributed by atoms with Crippen molar-refractivity contribution >= 4 is 11.7 Å². The van der Waals surface area contributed by atoms with Crippen LogP contribution < -0.4 is 4.90 Å². The van der Waals surface area contributed by atoms with E-state index < -0.39 is 5.60 Å². The number of halogens is 1. The Labute approximate surface area is 174 Å². The predicted molar refractivity (Wildman–Crippen MR) is 106 cm³/mol. The van der Waals surface area contributed by atoms with Gasteiger partial charge in [-0.25, -0.2) is 9.37 Å². The SMILES string of the molecule is N#Cc1ccc(N2C3CCC2CN(C(=O)COC2(c4ccncc4F)CC2)C3)nc1. The molecule has 2 bridgehead atoms. The normalized spacial score (nSPS) is 23.9. The number of ether oxygens (including phenoxy) is 1. The highest BCUT2D eigenvalue weighted by atomic mass is 19.1. The van der Waals surface area contributed by atoms with Crippen molar-refractivity contribution < 1.29 is 13.9 Å². The Hall–Kier alpha value is -3.05. The van der Waals surface area contributed by atoms with Crippen LogP contribution in [0.2, 0.25) is 0 Å². The van der Waals surface area contributed by atoms with Gasteiger partial charge < -0.3 is 14.5 Å². The van der Waals surface area contributed by atoms with Gasteiger partial charge in [0.25, 0.3) is 0 Å². The summed E-state index contributed by atoms with van der Waals surface area (Å²) in [6.07, 6.45) is 7.77. The summed E-state index contributed by atoms with van der Waals surface area (Å²) in [5, 5.41) is 8.97. The molecule has 2 aromatic rings. The van der Waals surface area contributed by atoms with Crippen molar-refractivity contribution in [2.45, 2.75) is 43.4 Å². The summed E-state index contributed by atoms with van der Waals surface area (Å²) in [6, 6.07) is 7.80. The maximum atomic E-state index is 14.1. The number of hydrogen-bond acceptors (Lipinski definition) is 6. The smallest absolute Gasteiger partial charge is 0.248 e. The summed E-state index contributed by atoms with van der Waals surface area (Å²) in [5.41, 5.74) is 0.342. The molecule has 5 rings (SSSR count). The van der Waals surface area contributed by atoms with Crippen LogP contribution in [0.15, 0.2) is 36.8 Å². The number of likely N-dealkylation sites (tertiary alicyclic amines) is 1. The van der Waals surface area contributed by atoms with E-state index in [9.17, 15) is 9.18 Å². The Morgan fingerprint density at radius 3 is 2.60 bits per heavy atom. The number of carbonyl (C=O) groups excluding carboxylic acids is 1. The zero-order valence-electron chi connectivity index (χ0n) is 16.5. The van der Waals surface area contributed by atoms with Gasteiger partial charge in [0.1, 0.15) is 24.3 Å². The van der Waals surface area contributed by atoms with Gasteiger partial charge in [-0.1, -0.05) is 0 Å². The molecule has 2 atom stereocenters. The molecular weight excluding hydrogens is 385 g/mol. The summed E-state index contributed by atoms with van der Waals surface area (Å²) < 4.78 is 20.0. The second kappa shape index (κ2) is 7.33. The number of rotatable bonds is 5. The molecule has 30 heavy (non-hydrogen) atoms. The minimum atomic E-state index is -0.685. The molecule has 0 radical (unpaired) electrons. The van der Waals surface area contributed by atoms with Gasteiger partial charge in [-0.15, -0.1) is 0 Å². The maximum absolute atomic E-state index is 14.1. The molecule has 1 aliphatic carbocycles. The second-order valence-corrected chi connectivity index (χ2v) is 8.25. The molecule has 0 spiro atoms. The number of amides is 1. The van der Waals surface area contributed by atoms with E-state index in [1.54, 1.807) is 24.5 Å². The third-order valence-corrected chi connectivity index (χ3v) is 6.42. The first-order valence-corrected chi connectivity index (χ1v) is 10.3. The van der Waals surface area contributed by atoms with E-state index >= 15 is 0 Å². The number of anilines is 1. The fourth-order valence-corrected chi connectivity index (χ4v) is 4.73. The van der Waals surface area contributed by atoms with E-state index in [1.807, 2.05) is 11.0 Å². The van der Waals surface area contributed by atoms with Gasteiger partial charge in [0.15, 0.2) is 0 Å². The van der Waals surface area contributed by atoms with E-state index in [2.05, 4.69) is 20.9 Å². The van der Waals surface area contributed by atoms with Crippen molar-refractivity contribution in [3.05, 3.63) is 53.7 Å². The van der Waals surface area contributed by atoms with Crippen LogP contribution >= 0.6 is 0 Å². The number of carbonyl (C=O) groups is 1. The van der Waals surface area contributed by atoms with Gasteiger partial charge in [0.05, 0.1) is 17.4 Å². The van der Waals surface area contributed by atoms with E-state index in [0.29, 0.717) is 37.1 Å². The Morgan fingerprint density at radius 2 is 2.00 bits per heavy atom. The number of nitrogens with zero attached hydrogens (tertiary/aromatic N) is 5. The average molecular weight is 407 g/mol. The molecule has 8 heteroatoms. The molecule has 2 aromatic heterocycles. The monoisotopic (exact) mass is 407 g/mol. The molecule has 154 valence electrons. The molecule has 0 aromatic carbocycles. The molecule has 1 amide bonds. The maximum Gasteiger partial charge on any atom is 0.248 e. The highest BCUT2D eigenvalue weighted by Gasteiger charge is 2.49. The van der Waals surface area contributed by atoms with Crippen LogP contribution in [-0.4, -0.2) is 52.6 Å². The molecule has 0 N–H and O–H groups in total. The molecular formula is C22H22FN5O2. The van der Waals surface area contributed by atoms with Crippen LogP contribution in [0.25, 0.3) is 0 Å². The third-order valence-electron chi connectivity index (χ3n) is 6.42. The molecule has 2 unspecified atom stereocenters. The molecule has 2 aliphatic heterocycles. The molecule has 4 heterocycles. The highest BCUT2D eigenvalue weighted by Crippen LogP contribution is 2.50. The van der Waals surface area contributed by atoms with Crippen LogP contribution in [-0.2, 0) is 15.1 Å². The van der Waals surface area contributed by atoms with Gasteiger partial charge >= 0.3 is 0 Å². The lowest BCUT2D eigenvalue weighted by Crippen LogP contribution is -2.56. The molecule has 3 aliphatic rings. The number of hydrogen-bond donors (Lipinski definition) is 0. The predicted octanol–water partition coefficient (Wildman–Crippen LogP) is 2.37. The fourth-order valence-electron chi connectivity index (χ4n) is 4.73. The Balaban J connectivity index is 1.23. The Bertz CT molecular complexity index is 987.